The molecule has 1 fully saturated rings. The van der Waals surface area contributed by atoms with E-state index >= 15 is 0 Å². The van der Waals surface area contributed by atoms with Gasteiger partial charge in [0.15, 0.2) is 0 Å². The van der Waals surface area contributed by atoms with Crippen LogP contribution < -0.4 is 5.73 Å². The standard InChI is InChI=1S/C14H21FN2/c1-17(13-7-4-6-12(16)9-13)10-11-5-2-3-8-14(11)15/h2-3,5,8,12-13H,4,6-7,9-10,16H2,1H3. The van der Waals surface area contributed by atoms with Crippen LogP contribution in [0.25, 0.3) is 0 Å². The Labute approximate surface area is 103 Å². The highest BCUT2D eigenvalue weighted by atomic mass is 19.1. The third-order valence-corrected chi connectivity index (χ3v) is 3.69. The molecule has 2 nitrogen and oxygen atoms in total. The van der Waals surface area contributed by atoms with E-state index in [4.69, 9.17) is 5.73 Å². The maximum atomic E-state index is 13.5. The van der Waals surface area contributed by atoms with E-state index in [1.54, 1.807) is 6.07 Å². The van der Waals surface area contributed by atoms with Crippen molar-refractivity contribution in [3.63, 3.8) is 0 Å². The molecule has 2 unspecified atom stereocenters. The van der Waals surface area contributed by atoms with Crippen molar-refractivity contribution in [2.45, 2.75) is 44.3 Å². The van der Waals surface area contributed by atoms with Crippen molar-refractivity contribution in [1.82, 2.24) is 4.90 Å². The predicted molar refractivity (Wildman–Crippen MR) is 68.1 cm³/mol. The molecule has 1 aromatic carbocycles. The van der Waals surface area contributed by atoms with Gasteiger partial charge in [0.2, 0.25) is 0 Å². The molecule has 0 heterocycles. The molecule has 0 amide bonds. The average molecular weight is 236 g/mol. The van der Waals surface area contributed by atoms with Crippen LogP contribution in [0.5, 0.6) is 0 Å². The fourth-order valence-corrected chi connectivity index (χ4v) is 2.63. The Morgan fingerprint density at radius 2 is 2.12 bits per heavy atom. The molecule has 2 N–H and O–H groups in total. The van der Waals surface area contributed by atoms with Crippen molar-refractivity contribution in [3.8, 4) is 0 Å². The zero-order chi connectivity index (χ0) is 12.3. The van der Waals surface area contributed by atoms with Crippen LogP contribution in [0.15, 0.2) is 24.3 Å². The summed E-state index contributed by atoms with van der Waals surface area (Å²) in [5.41, 5.74) is 6.76. The van der Waals surface area contributed by atoms with E-state index in [-0.39, 0.29) is 5.82 Å². The second-order valence-electron chi connectivity index (χ2n) is 5.09. The van der Waals surface area contributed by atoms with Gasteiger partial charge in [-0.05, 0) is 32.4 Å². The molecule has 1 saturated carbocycles. The van der Waals surface area contributed by atoms with Gasteiger partial charge in [-0.25, -0.2) is 4.39 Å². The molecule has 0 aliphatic heterocycles. The van der Waals surface area contributed by atoms with Gasteiger partial charge in [-0.3, -0.25) is 4.90 Å². The second kappa shape index (κ2) is 5.61. The van der Waals surface area contributed by atoms with Gasteiger partial charge >= 0.3 is 0 Å². The Hall–Kier alpha value is -0.930. The highest BCUT2D eigenvalue weighted by Crippen LogP contribution is 2.22. The van der Waals surface area contributed by atoms with Crippen molar-refractivity contribution < 1.29 is 4.39 Å². The van der Waals surface area contributed by atoms with E-state index in [9.17, 15) is 4.39 Å². The van der Waals surface area contributed by atoms with Crippen LogP contribution in [-0.4, -0.2) is 24.0 Å². The molecular formula is C14H21FN2. The highest BCUT2D eigenvalue weighted by Gasteiger charge is 2.22. The summed E-state index contributed by atoms with van der Waals surface area (Å²) in [5.74, 6) is -0.112. The van der Waals surface area contributed by atoms with E-state index < -0.39 is 0 Å². The summed E-state index contributed by atoms with van der Waals surface area (Å²) >= 11 is 0. The third kappa shape index (κ3) is 3.27. The van der Waals surface area contributed by atoms with E-state index in [1.807, 2.05) is 12.1 Å². The fourth-order valence-electron chi connectivity index (χ4n) is 2.63. The summed E-state index contributed by atoms with van der Waals surface area (Å²) in [6.45, 7) is 0.671. The first kappa shape index (κ1) is 12.5. The lowest BCUT2D eigenvalue weighted by Crippen LogP contribution is -2.40. The zero-order valence-electron chi connectivity index (χ0n) is 10.4. The SMILES string of the molecule is CN(Cc1ccccc1F)C1CCCC(N)C1. The summed E-state index contributed by atoms with van der Waals surface area (Å²) in [6.07, 6.45) is 4.53. The Morgan fingerprint density at radius 1 is 1.35 bits per heavy atom. The number of nitrogens with zero attached hydrogens (tertiary/aromatic N) is 1. The van der Waals surface area contributed by atoms with E-state index in [2.05, 4.69) is 11.9 Å². The van der Waals surface area contributed by atoms with Gasteiger partial charge in [0.1, 0.15) is 5.82 Å². The Kier molecular flexibility index (Phi) is 4.13. The van der Waals surface area contributed by atoms with Gasteiger partial charge in [0, 0.05) is 24.2 Å². The molecule has 3 heteroatoms. The number of hydrogen-bond acceptors (Lipinski definition) is 2. The second-order valence-corrected chi connectivity index (χ2v) is 5.09. The van der Waals surface area contributed by atoms with Crippen LogP contribution in [0.1, 0.15) is 31.2 Å². The molecule has 2 rings (SSSR count). The molecular weight excluding hydrogens is 215 g/mol. The highest BCUT2D eigenvalue weighted by molar-refractivity contribution is 5.17. The van der Waals surface area contributed by atoms with Gasteiger partial charge in [0.25, 0.3) is 0 Å². The Bertz CT molecular complexity index is 367. The Balaban J connectivity index is 1.96. The number of benzene rings is 1. The van der Waals surface area contributed by atoms with Gasteiger partial charge < -0.3 is 5.73 Å². The van der Waals surface area contributed by atoms with E-state index in [0.29, 0.717) is 18.6 Å². The topological polar surface area (TPSA) is 29.3 Å². The minimum Gasteiger partial charge on any atom is -0.328 e. The minimum atomic E-state index is -0.112. The summed E-state index contributed by atoms with van der Waals surface area (Å²) in [7, 11) is 2.06. The van der Waals surface area contributed by atoms with Gasteiger partial charge in [-0.1, -0.05) is 24.6 Å². The van der Waals surface area contributed by atoms with Gasteiger partial charge in [-0.15, -0.1) is 0 Å². The summed E-state index contributed by atoms with van der Waals surface area (Å²) < 4.78 is 13.5. The smallest absolute Gasteiger partial charge is 0.127 e. The molecule has 0 spiro atoms. The quantitative estimate of drug-likeness (QED) is 0.873. The number of rotatable bonds is 3. The average Bonchev–Trinajstić information content (AvgIpc) is 2.32. The lowest BCUT2D eigenvalue weighted by Gasteiger charge is -2.34. The lowest BCUT2D eigenvalue weighted by molar-refractivity contribution is 0.172. The summed E-state index contributed by atoms with van der Waals surface area (Å²) in [5, 5.41) is 0. The largest absolute Gasteiger partial charge is 0.328 e. The first-order chi connectivity index (χ1) is 8.16. The zero-order valence-corrected chi connectivity index (χ0v) is 10.4. The van der Waals surface area contributed by atoms with Crippen LogP contribution in [0, 0.1) is 5.82 Å². The normalized spacial score (nSPS) is 25.2. The minimum absolute atomic E-state index is 0.112. The number of nitrogens with two attached hydrogens (primary N) is 1. The van der Waals surface area contributed by atoms with Crippen LogP contribution in [0.2, 0.25) is 0 Å². The summed E-state index contributed by atoms with van der Waals surface area (Å²) in [6, 6.07) is 7.81. The summed E-state index contributed by atoms with van der Waals surface area (Å²) in [4.78, 5) is 2.23. The number of hydrogen-bond donors (Lipinski definition) is 1. The third-order valence-electron chi connectivity index (χ3n) is 3.69. The maximum Gasteiger partial charge on any atom is 0.127 e. The van der Waals surface area contributed by atoms with E-state index in [0.717, 1.165) is 18.4 Å². The lowest BCUT2D eigenvalue weighted by atomic mass is 9.90. The first-order valence-electron chi connectivity index (χ1n) is 6.36. The fraction of sp³-hybridized carbons (Fsp3) is 0.571. The molecule has 1 aromatic rings. The molecule has 0 aromatic heterocycles. The monoisotopic (exact) mass is 236 g/mol. The van der Waals surface area contributed by atoms with Crippen molar-refractivity contribution in [3.05, 3.63) is 35.6 Å². The molecule has 0 saturated heterocycles. The van der Waals surface area contributed by atoms with Crippen LogP contribution in [0.3, 0.4) is 0 Å². The molecule has 1 aliphatic rings. The molecule has 0 bridgehead atoms. The first-order valence-corrected chi connectivity index (χ1v) is 6.36. The molecule has 0 radical (unpaired) electrons. The van der Waals surface area contributed by atoms with Crippen molar-refractivity contribution in [2.75, 3.05) is 7.05 Å². The van der Waals surface area contributed by atoms with Gasteiger partial charge in [0.05, 0.1) is 0 Å². The van der Waals surface area contributed by atoms with Crippen LogP contribution in [-0.2, 0) is 6.54 Å². The van der Waals surface area contributed by atoms with Crippen molar-refractivity contribution in [1.29, 1.82) is 0 Å². The van der Waals surface area contributed by atoms with E-state index in [1.165, 1.54) is 18.9 Å². The maximum absolute atomic E-state index is 13.5. The van der Waals surface area contributed by atoms with Gasteiger partial charge in [-0.2, -0.15) is 0 Å². The predicted octanol–water partition coefficient (Wildman–Crippen LogP) is 2.53. The Morgan fingerprint density at radius 3 is 2.82 bits per heavy atom. The van der Waals surface area contributed by atoms with Crippen molar-refractivity contribution in [2.24, 2.45) is 5.73 Å². The molecule has 2 atom stereocenters. The molecule has 17 heavy (non-hydrogen) atoms. The van der Waals surface area contributed by atoms with Crippen LogP contribution >= 0.6 is 0 Å². The van der Waals surface area contributed by atoms with Crippen molar-refractivity contribution >= 4 is 0 Å². The number of halogens is 1. The molecule has 94 valence electrons. The molecule has 1 aliphatic carbocycles. The van der Waals surface area contributed by atoms with Crippen LogP contribution in [0.4, 0.5) is 4.39 Å².